The van der Waals surface area contributed by atoms with Crippen LogP contribution >= 0.6 is 11.3 Å². The zero-order valence-corrected chi connectivity index (χ0v) is 18.1. The van der Waals surface area contributed by atoms with Crippen LogP contribution in [-0.4, -0.2) is 50.6 Å². The fraction of sp³-hybridized carbons (Fsp3) is 0.636. The van der Waals surface area contributed by atoms with E-state index < -0.39 is 0 Å². The molecule has 160 valence electrons. The van der Waals surface area contributed by atoms with Gasteiger partial charge in [0.1, 0.15) is 5.82 Å². The smallest absolute Gasteiger partial charge is 0.289 e. The summed E-state index contributed by atoms with van der Waals surface area (Å²) in [4.78, 5) is 28.5. The summed E-state index contributed by atoms with van der Waals surface area (Å²) < 4.78 is 2.02. The maximum absolute atomic E-state index is 12.9. The van der Waals surface area contributed by atoms with Crippen LogP contribution in [-0.2, 0) is 13.0 Å². The molecule has 2 fully saturated rings. The molecule has 0 bridgehead atoms. The molecule has 30 heavy (non-hydrogen) atoms. The van der Waals surface area contributed by atoms with Gasteiger partial charge in [-0.1, -0.05) is 25.3 Å². The van der Waals surface area contributed by atoms with Crippen molar-refractivity contribution in [1.29, 1.82) is 0 Å². The average molecular weight is 428 g/mol. The highest BCUT2D eigenvalue weighted by molar-refractivity contribution is 7.12. The van der Waals surface area contributed by atoms with Crippen molar-refractivity contribution in [1.82, 2.24) is 25.0 Å². The van der Waals surface area contributed by atoms with E-state index in [1.165, 1.54) is 30.6 Å². The predicted octanol–water partition coefficient (Wildman–Crippen LogP) is 3.27. The monoisotopic (exact) mass is 427 g/mol. The number of nitrogens with one attached hydrogen (secondary N) is 1. The average Bonchev–Trinajstić information content (AvgIpc) is 3.49. The summed E-state index contributed by atoms with van der Waals surface area (Å²) in [5, 5.41) is 13.7. The summed E-state index contributed by atoms with van der Waals surface area (Å²) >= 11 is 1.51. The van der Waals surface area contributed by atoms with Gasteiger partial charge in [0, 0.05) is 32.1 Å². The molecule has 3 aliphatic rings. The van der Waals surface area contributed by atoms with E-state index in [9.17, 15) is 9.59 Å². The van der Waals surface area contributed by atoms with E-state index in [0.717, 1.165) is 68.9 Å². The molecule has 4 heterocycles. The van der Waals surface area contributed by atoms with Gasteiger partial charge in [0.05, 0.1) is 4.88 Å². The van der Waals surface area contributed by atoms with Crippen molar-refractivity contribution in [2.75, 3.05) is 13.1 Å². The molecule has 1 saturated heterocycles. The standard InChI is InChI=1S/C22H29N5O2S/c28-20(23-16-5-2-1-3-6-16)19-25-24-18-8-9-22(11-13-27(18)19)10-12-26(15-22)21(29)17-7-4-14-30-17/h4,7,14,16H,1-3,5-6,8-13,15H2,(H,23,28). The second-order valence-corrected chi connectivity index (χ2v) is 10.1. The topological polar surface area (TPSA) is 80.1 Å². The fourth-order valence-corrected chi connectivity index (χ4v) is 6.03. The van der Waals surface area contributed by atoms with Crippen LogP contribution in [0.5, 0.6) is 0 Å². The molecule has 2 amide bonds. The van der Waals surface area contributed by atoms with Crippen molar-refractivity contribution in [3.05, 3.63) is 34.0 Å². The van der Waals surface area contributed by atoms with Crippen molar-refractivity contribution < 1.29 is 9.59 Å². The second kappa shape index (κ2) is 8.13. The van der Waals surface area contributed by atoms with Gasteiger partial charge in [-0.25, -0.2) is 0 Å². The minimum atomic E-state index is -0.0856. The minimum absolute atomic E-state index is 0.0856. The van der Waals surface area contributed by atoms with Crippen LogP contribution in [0.3, 0.4) is 0 Å². The zero-order valence-electron chi connectivity index (χ0n) is 17.3. The first kappa shape index (κ1) is 19.7. The molecule has 1 N–H and O–H groups in total. The van der Waals surface area contributed by atoms with E-state index in [1.54, 1.807) is 0 Å². The minimum Gasteiger partial charge on any atom is -0.347 e. The lowest BCUT2D eigenvalue weighted by molar-refractivity contribution is 0.0772. The molecule has 1 spiro atoms. The summed E-state index contributed by atoms with van der Waals surface area (Å²) in [6, 6.07) is 4.10. The summed E-state index contributed by atoms with van der Waals surface area (Å²) in [5.74, 6) is 1.43. The number of carbonyl (C=O) groups is 2. The number of hydrogen-bond donors (Lipinski definition) is 1. The number of amides is 2. The molecule has 1 unspecified atom stereocenters. The molecule has 0 aromatic carbocycles. The molecule has 1 aliphatic carbocycles. The number of carbonyl (C=O) groups excluding carboxylic acids is 2. The van der Waals surface area contributed by atoms with E-state index in [1.807, 2.05) is 27.0 Å². The Labute approximate surface area is 180 Å². The Hall–Kier alpha value is -2.22. The van der Waals surface area contributed by atoms with E-state index in [-0.39, 0.29) is 23.3 Å². The van der Waals surface area contributed by atoms with Gasteiger partial charge < -0.3 is 14.8 Å². The first-order chi connectivity index (χ1) is 14.6. The van der Waals surface area contributed by atoms with Crippen LogP contribution in [0.1, 0.15) is 77.5 Å². The third-order valence-electron chi connectivity index (χ3n) is 7.17. The van der Waals surface area contributed by atoms with Crippen molar-refractivity contribution in [3.63, 3.8) is 0 Å². The summed E-state index contributed by atoms with van der Waals surface area (Å²) in [6.07, 6.45) is 9.53. The molecular formula is C22H29N5O2S. The van der Waals surface area contributed by atoms with Gasteiger partial charge in [-0.2, -0.15) is 0 Å². The Morgan fingerprint density at radius 2 is 1.93 bits per heavy atom. The highest BCUT2D eigenvalue weighted by Crippen LogP contribution is 2.41. The second-order valence-electron chi connectivity index (χ2n) is 9.10. The maximum atomic E-state index is 12.9. The third kappa shape index (κ3) is 3.77. The van der Waals surface area contributed by atoms with E-state index in [2.05, 4.69) is 15.5 Å². The maximum Gasteiger partial charge on any atom is 0.289 e. The Balaban J connectivity index is 1.25. The molecule has 7 nitrogen and oxygen atoms in total. The van der Waals surface area contributed by atoms with Crippen LogP contribution in [0.25, 0.3) is 0 Å². The van der Waals surface area contributed by atoms with E-state index in [4.69, 9.17) is 0 Å². The quantitative estimate of drug-likeness (QED) is 0.815. The van der Waals surface area contributed by atoms with Crippen LogP contribution in [0.2, 0.25) is 0 Å². The lowest BCUT2D eigenvalue weighted by Crippen LogP contribution is -2.37. The van der Waals surface area contributed by atoms with Crippen molar-refractivity contribution in [3.8, 4) is 0 Å². The van der Waals surface area contributed by atoms with E-state index >= 15 is 0 Å². The number of nitrogens with zero attached hydrogens (tertiary/aromatic N) is 4. The van der Waals surface area contributed by atoms with Gasteiger partial charge in [0.25, 0.3) is 11.8 Å². The number of rotatable bonds is 3. The largest absolute Gasteiger partial charge is 0.347 e. The normalized spacial score (nSPS) is 24.6. The zero-order chi connectivity index (χ0) is 20.6. The lowest BCUT2D eigenvalue weighted by Gasteiger charge is -2.27. The molecule has 1 saturated carbocycles. The number of aryl methyl sites for hydroxylation is 1. The fourth-order valence-electron chi connectivity index (χ4n) is 5.34. The summed E-state index contributed by atoms with van der Waals surface area (Å²) in [7, 11) is 0. The third-order valence-corrected chi connectivity index (χ3v) is 8.03. The lowest BCUT2D eigenvalue weighted by atomic mass is 9.80. The first-order valence-electron chi connectivity index (χ1n) is 11.2. The molecule has 8 heteroatoms. The van der Waals surface area contributed by atoms with Gasteiger partial charge in [-0.15, -0.1) is 21.5 Å². The van der Waals surface area contributed by atoms with Crippen molar-refractivity contribution in [2.45, 2.75) is 70.4 Å². The van der Waals surface area contributed by atoms with Gasteiger partial charge in [-0.3, -0.25) is 9.59 Å². The predicted molar refractivity (Wildman–Crippen MR) is 115 cm³/mol. The number of hydrogen-bond acceptors (Lipinski definition) is 5. The Bertz CT molecular complexity index is 918. The summed E-state index contributed by atoms with van der Waals surface area (Å²) in [6.45, 7) is 2.36. The van der Waals surface area contributed by atoms with Crippen LogP contribution < -0.4 is 5.32 Å². The number of thiophene rings is 1. The van der Waals surface area contributed by atoms with Crippen molar-refractivity contribution in [2.24, 2.45) is 5.41 Å². The molecule has 1 atom stereocenters. The first-order valence-corrected chi connectivity index (χ1v) is 12.1. The SMILES string of the molecule is O=C(NC1CCCCC1)c1nnc2n1CCC1(CC2)CCN(C(=O)c2cccs2)C1. The molecule has 0 radical (unpaired) electrons. The van der Waals surface area contributed by atoms with Gasteiger partial charge in [0.15, 0.2) is 0 Å². The number of fused-ring (bicyclic) bond motifs is 1. The molecule has 5 rings (SSSR count). The highest BCUT2D eigenvalue weighted by Gasteiger charge is 2.42. The van der Waals surface area contributed by atoms with Crippen molar-refractivity contribution >= 4 is 23.2 Å². The molecule has 2 aliphatic heterocycles. The number of likely N-dealkylation sites (tertiary alicyclic amines) is 1. The Morgan fingerprint density at radius 1 is 1.10 bits per heavy atom. The number of aromatic nitrogens is 3. The molecule has 2 aromatic rings. The molecule has 2 aromatic heterocycles. The van der Waals surface area contributed by atoms with Crippen LogP contribution in [0.4, 0.5) is 0 Å². The summed E-state index contributed by atoms with van der Waals surface area (Å²) in [5.41, 5.74) is 0.116. The van der Waals surface area contributed by atoms with Gasteiger partial charge in [-0.05, 0) is 49.0 Å². The van der Waals surface area contributed by atoms with Gasteiger partial charge >= 0.3 is 0 Å². The molecular weight excluding hydrogens is 398 g/mol. The van der Waals surface area contributed by atoms with Crippen LogP contribution in [0.15, 0.2) is 17.5 Å². The Kier molecular flexibility index (Phi) is 5.35. The Morgan fingerprint density at radius 3 is 2.73 bits per heavy atom. The van der Waals surface area contributed by atoms with E-state index in [0.29, 0.717) is 5.82 Å². The van der Waals surface area contributed by atoms with Crippen LogP contribution in [0, 0.1) is 5.41 Å². The highest BCUT2D eigenvalue weighted by atomic mass is 32.1. The van der Waals surface area contributed by atoms with Gasteiger partial charge in [0.2, 0.25) is 5.82 Å².